The minimum Gasteiger partial charge on any atom is -0.478 e. The highest BCUT2D eigenvalue weighted by atomic mass is 16.4. The molecule has 4 heteroatoms. The Balaban J connectivity index is 1.70. The molecule has 1 atom stereocenters. The maximum Gasteiger partial charge on any atom is 0.335 e. The van der Waals surface area contributed by atoms with E-state index in [1.165, 1.54) is 12.5 Å². The van der Waals surface area contributed by atoms with Gasteiger partial charge in [-0.25, -0.2) is 4.79 Å². The summed E-state index contributed by atoms with van der Waals surface area (Å²) in [4.78, 5) is 23.5. The molecule has 2 aromatic rings. The molecule has 124 valence electrons. The number of rotatable bonds is 6. The van der Waals surface area contributed by atoms with Gasteiger partial charge in [0.2, 0.25) is 5.91 Å². The molecule has 0 aromatic heterocycles. The summed E-state index contributed by atoms with van der Waals surface area (Å²) < 4.78 is 0. The summed E-state index contributed by atoms with van der Waals surface area (Å²) in [5, 5.41) is 12.2. The third kappa shape index (κ3) is 3.82. The van der Waals surface area contributed by atoms with Gasteiger partial charge in [-0.1, -0.05) is 48.9 Å². The zero-order valence-electron chi connectivity index (χ0n) is 13.4. The Kier molecular flexibility index (Phi) is 4.94. The minimum atomic E-state index is -0.978. The first kappa shape index (κ1) is 16.2. The molecule has 0 bridgehead atoms. The molecule has 1 amide bonds. The first-order chi connectivity index (χ1) is 11.6. The first-order valence-electron chi connectivity index (χ1n) is 8.30. The van der Waals surface area contributed by atoms with E-state index in [-0.39, 0.29) is 23.9 Å². The quantitative estimate of drug-likeness (QED) is 0.854. The number of hydrogen-bond acceptors (Lipinski definition) is 2. The van der Waals surface area contributed by atoms with Crippen molar-refractivity contribution in [2.45, 2.75) is 31.7 Å². The Morgan fingerprint density at radius 3 is 2.46 bits per heavy atom. The van der Waals surface area contributed by atoms with Crippen molar-refractivity contribution in [2.24, 2.45) is 5.92 Å². The number of hydrogen-bond donors (Lipinski definition) is 2. The summed E-state index contributed by atoms with van der Waals surface area (Å²) in [6.07, 6.45) is 3.67. The molecule has 1 aliphatic rings. The summed E-state index contributed by atoms with van der Waals surface area (Å²) >= 11 is 0. The zero-order chi connectivity index (χ0) is 16.9. The predicted octanol–water partition coefficient (Wildman–Crippen LogP) is 3.58. The number of carbonyl (C=O) groups is 2. The van der Waals surface area contributed by atoms with Crippen LogP contribution in [-0.4, -0.2) is 17.0 Å². The minimum absolute atomic E-state index is 0.0371. The zero-order valence-corrected chi connectivity index (χ0v) is 13.4. The molecular weight excluding hydrogens is 302 g/mol. The molecule has 0 radical (unpaired) electrons. The van der Waals surface area contributed by atoms with Gasteiger partial charge in [0.15, 0.2) is 0 Å². The van der Waals surface area contributed by atoms with Gasteiger partial charge < -0.3 is 10.4 Å². The highest BCUT2D eigenvalue weighted by molar-refractivity contribution is 5.88. The van der Waals surface area contributed by atoms with E-state index in [1.54, 1.807) is 18.2 Å². The molecule has 3 rings (SSSR count). The van der Waals surface area contributed by atoms with Crippen LogP contribution in [0.1, 0.15) is 46.8 Å². The van der Waals surface area contributed by atoms with Gasteiger partial charge in [0.05, 0.1) is 18.0 Å². The molecule has 0 saturated heterocycles. The lowest BCUT2D eigenvalue weighted by atomic mass is 9.77. The van der Waals surface area contributed by atoms with Crippen LogP contribution in [0.4, 0.5) is 0 Å². The van der Waals surface area contributed by atoms with Crippen LogP contribution >= 0.6 is 0 Å². The van der Waals surface area contributed by atoms with Gasteiger partial charge in [0.1, 0.15) is 0 Å². The van der Waals surface area contributed by atoms with Gasteiger partial charge in [-0.3, -0.25) is 4.79 Å². The van der Waals surface area contributed by atoms with Gasteiger partial charge in [0.25, 0.3) is 0 Å². The molecule has 1 unspecified atom stereocenters. The Hall–Kier alpha value is -2.62. The van der Waals surface area contributed by atoms with E-state index in [2.05, 4.69) is 5.32 Å². The fraction of sp³-hybridized carbons (Fsp3) is 0.300. The van der Waals surface area contributed by atoms with Gasteiger partial charge in [-0.15, -0.1) is 0 Å². The van der Waals surface area contributed by atoms with Crippen molar-refractivity contribution in [1.29, 1.82) is 0 Å². The van der Waals surface area contributed by atoms with E-state index in [1.807, 2.05) is 30.3 Å². The van der Waals surface area contributed by atoms with Crippen LogP contribution < -0.4 is 5.32 Å². The monoisotopic (exact) mass is 323 g/mol. The average molecular weight is 323 g/mol. The van der Waals surface area contributed by atoms with Crippen LogP contribution in [-0.2, 0) is 11.2 Å². The lowest BCUT2D eigenvalue weighted by Gasteiger charge is -2.34. The predicted molar refractivity (Wildman–Crippen MR) is 91.8 cm³/mol. The number of nitrogens with one attached hydrogen (secondary N) is 1. The second kappa shape index (κ2) is 7.30. The Labute approximate surface area is 141 Å². The summed E-state index contributed by atoms with van der Waals surface area (Å²) in [6, 6.07) is 16.6. The highest BCUT2D eigenvalue weighted by Gasteiger charge is 2.29. The molecule has 1 saturated carbocycles. The number of carboxylic acids is 1. The van der Waals surface area contributed by atoms with Crippen molar-refractivity contribution in [1.82, 2.24) is 5.32 Å². The van der Waals surface area contributed by atoms with E-state index in [4.69, 9.17) is 5.11 Å². The fourth-order valence-corrected chi connectivity index (χ4v) is 3.13. The lowest BCUT2D eigenvalue weighted by molar-refractivity contribution is -0.121. The summed E-state index contributed by atoms with van der Waals surface area (Å²) in [6.45, 7) is 0. The fourth-order valence-electron chi connectivity index (χ4n) is 3.13. The molecule has 4 nitrogen and oxygen atoms in total. The molecule has 2 aromatic carbocycles. The van der Waals surface area contributed by atoms with E-state index in [0.717, 1.165) is 18.4 Å². The van der Waals surface area contributed by atoms with E-state index in [9.17, 15) is 9.59 Å². The lowest BCUT2D eigenvalue weighted by Crippen LogP contribution is -2.37. The number of amides is 1. The number of carbonyl (C=O) groups excluding carboxylic acids is 1. The van der Waals surface area contributed by atoms with Gasteiger partial charge >= 0.3 is 5.97 Å². The van der Waals surface area contributed by atoms with Crippen LogP contribution in [0.2, 0.25) is 0 Å². The molecule has 2 N–H and O–H groups in total. The maximum atomic E-state index is 12.5. The number of benzene rings is 2. The summed E-state index contributed by atoms with van der Waals surface area (Å²) in [5.74, 6) is -0.561. The average Bonchev–Trinajstić information content (AvgIpc) is 2.53. The van der Waals surface area contributed by atoms with Crippen LogP contribution in [0.25, 0.3) is 0 Å². The van der Waals surface area contributed by atoms with E-state index < -0.39 is 5.97 Å². The van der Waals surface area contributed by atoms with Crippen molar-refractivity contribution in [3.63, 3.8) is 0 Å². The van der Waals surface area contributed by atoms with Crippen LogP contribution in [0.5, 0.6) is 0 Å². The molecule has 1 aliphatic carbocycles. The van der Waals surface area contributed by atoms with Crippen molar-refractivity contribution in [2.75, 3.05) is 0 Å². The molecule has 0 heterocycles. The second-order valence-electron chi connectivity index (χ2n) is 6.33. The molecule has 1 fully saturated rings. The Bertz CT molecular complexity index is 723. The summed E-state index contributed by atoms with van der Waals surface area (Å²) in [5.41, 5.74) is 2.06. The van der Waals surface area contributed by atoms with Crippen LogP contribution in [0, 0.1) is 5.92 Å². The highest BCUT2D eigenvalue weighted by Crippen LogP contribution is 2.37. The van der Waals surface area contributed by atoms with Gasteiger partial charge in [0, 0.05) is 0 Å². The standard InChI is InChI=1S/C20H21NO3/c22-18(13-14-6-4-11-17(12-14)20(23)24)21-19(16-9-5-10-16)15-7-2-1-3-8-15/h1-4,6-8,11-12,16,19H,5,9-10,13H2,(H,21,22)(H,23,24). The second-order valence-corrected chi connectivity index (χ2v) is 6.33. The first-order valence-corrected chi connectivity index (χ1v) is 8.30. The summed E-state index contributed by atoms with van der Waals surface area (Å²) in [7, 11) is 0. The van der Waals surface area contributed by atoms with E-state index in [0.29, 0.717) is 11.5 Å². The molecule has 0 spiro atoms. The third-order valence-electron chi connectivity index (χ3n) is 4.64. The molecule has 0 aliphatic heterocycles. The largest absolute Gasteiger partial charge is 0.478 e. The number of carboxylic acid groups (broad SMARTS) is 1. The van der Waals surface area contributed by atoms with Gasteiger partial charge in [-0.2, -0.15) is 0 Å². The third-order valence-corrected chi connectivity index (χ3v) is 4.64. The van der Waals surface area contributed by atoms with Crippen molar-refractivity contribution < 1.29 is 14.7 Å². The van der Waals surface area contributed by atoms with Gasteiger partial charge in [-0.05, 0) is 42.0 Å². The van der Waals surface area contributed by atoms with Crippen LogP contribution in [0.15, 0.2) is 54.6 Å². The SMILES string of the molecule is O=C(Cc1cccc(C(=O)O)c1)NC(c1ccccc1)C1CCC1. The van der Waals surface area contributed by atoms with E-state index >= 15 is 0 Å². The smallest absolute Gasteiger partial charge is 0.335 e. The Morgan fingerprint density at radius 2 is 1.83 bits per heavy atom. The number of aromatic carboxylic acids is 1. The van der Waals surface area contributed by atoms with Crippen molar-refractivity contribution in [3.8, 4) is 0 Å². The molecular formula is C20H21NO3. The normalized spacial score (nSPS) is 15.3. The van der Waals surface area contributed by atoms with Crippen LogP contribution in [0.3, 0.4) is 0 Å². The van der Waals surface area contributed by atoms with Crippen molar-refractivity contribution in [3.05, 3.63) is 71.3 Å². The topological polar surface area (TPSA) is 66.4 Å². The maximum absolute atomic E-state index is 12.5. The van der Waals surface area contributed by atoms with Crippen molar-refractivity contribution >= 4 is 11.9 Å². The molecule has 24 heavy (non-hydrogen) atoms. The Morgan fingerprint density at radius 1 is 1.08 bits per heavy atom.